The number of methoxy groups -OCH3 is 1. The summed E-state index contributed by atoms with van der Waals surface area (Å²) in [7, 11) is -0.258. The Hall–Kier alpha value is -2.25. The van der Waals surface area contributed by atoms with E-state index in [1.807, 2.05) is 7.11 Å². The zero-order valence-corrected chi connectivity index (χ0v) is 20.7. The van der Waals surface area contributed by atoms with Crippen molar-refractivity contribution in [3.63, 3.8) is 0 Å². The Kier molecular flexibility index (Phi) is 6.72. The minimum atomic E-state index is -1.45. The van der Waals surface area contributed by atoms with E-state index in [0.29, 0.717) is 5.92 Å². The summed E-state index contributed by atoms with van der Waals surface area (Å²) < 4.78 is 6.25. The molecular weight excluding hydrogens is 411 g/mol. The molecule has 0 radical (unpaired) electrons. The zero-order valence-electron chi connectivity index (χ0n) is 18.8. The van der Waals surface area contributed by atoms with E-state index in [1.165, 1.54) is 21.5 Å². The molecule has 4 rings (SSSR count). The fourth-order valence-corrected chi connectivity index (χ4v) is 8.82. The Morgan fingerprint density at radius 1 is 0.774 bits per heavy atom. The smallest absolute Gasteiger partial charge is 0.0923 e. The average molecular weight is 443 g/mol. The van der Waals surface area contributed by atoms with E-state index in [9.17, 15) is 0 Å². The number of ether oxygens (including phenoxy) is 1. The monoisotopic (exact) mass is 442 g/mol. The second-order valence-electron chi connectivity index (χ2n) is 9.00. The maximum Gasteiger partial charge on any atom is 0.0923 e. The molecule has 158 valence electrons. The van der Waals surface area contributed by atoms with Crippen LogP contribution in [0, 0.1) is 5.92 Å². The van der Waals surface area contributed by atoms with Gasteiger partial charge in [0.05, 0.1) is 14.2 Å². The van der Waals surface area contributed by atoms with Gasteiger partial charge in [-0.2, -0.15) is 0 Å². The van der Waals surface area contributed by atoms with E-state index in [2.05, 4.69) is 123 Å². The van der Waals surface area contributed by atoms with Crippen LogP contribution in [0.4, 0.5) is 0 Å². The SMILES string of the molecule is CO[C@@H](c1ccccc1P(c1ccccc1)c1ccccc1)C1C=CC=C1[Si](C)(C)C. The predicted octanol–water partition coefficient (Wildman–Crippen LogP) is 6.12. The lowest BCUT2D eigenvalue weighted by molar-refractivity contribution is 0.0825. The Morgan fingerprint density at radius 3 is 1.87 bits per heavy atom. The molecule has 1 aliphatic carbocycles. The topological polar surface area (TPSA) is 9.23 Å². The maximum atomic E-state index is 6.25. The third-order valence-corrected chi connectivity index (χ3v) is 10.7. The van der Waals surface area contributed by atoms with Gasteiger partial charge in [-0.3, -0.25) is 0 Å². The van der Waals surface area contributed by atoms with Crippen LogP contribution in [-0.4, -0.2) is 15.2 Å². The van der Waals surface area contributed by atoms with Gasteiger partial charge in [-0.1, -0.05) is 128 Å². The molecule has 1 unspecified atom stereocenters. The Labute approximate surface area is 189 Å². The fourth-order valence-electron chi connectivity index (χ4n) is 4.49. The van der Waals surface area contributed by atoms with Crippen molar-refractivity contribution in [2.75, 3.05) is 7.11 Å². The minimum Gasteiger partial charge on any atom is -0.376 e. The van der Waals surface area contributed by atoms with Gasteiger partial charge in [0.2, 0.25) is 0 Å². The maximum absolute atomic E-state index is 6.25. The molecule has 0 saturated heterocycles. The number of allylic oxidation sites excluding steroid dienone is 2. The number of benzene rings is 3. The van der Waals surface area contributed by atoms with Gasteiger partial charge in [-0.15, -0.1) is 0 Å². The van der Waals surface area contributed by atoms with Crippen LogP contribution in [-0.2, 0) is 4.74 Å². The lowest BCUT2D eigenvalue weighted by atomic mass is 9.96. The second-order valence-corrected chi connectivity index (χ2v) is 16.3. The number of hydrogen-bond acceptors (Lipinski definition) is 1. The molecule has 0 aromatic heterocycles. The van der Waals surface area contributed by atoms with Gasteiger partial charge in [0.1, 0.15) is 0 Å². The highest BCUT2D eigenvalue weighted by molar-refractivity contribution is 7.79. The normalized spacial score (nSPS) is 17.1. The molecule has 1 nitrogen and oxygen atoms in total. The molecule has 0 saturated carbocycles. The second kappa shape index (κ2) is 9.49. The molecule has 0 amide bonds. The molecule has 0 N–H and O–H groups in total. The van der Waals surface area contributed by atoms with Crippen molar-refractivity contribution in [3.05, 3.63) is 114 Å². The predicted molar refractivity (Wildman–Crippen MR) is 139 cm³/mol. The summed E-state index contributed by atoms with van der Waals surface area (Å²) in [6.07, 6.45) is 6.92. The van der Waals surface area contributed by atoms with Gasteiger partial charge in [0.15, 0.2) is 0 Å². The molecule has 0 bridgehead atoms. The van der Waals surface area contributed by atoms with E-state index < -0.39 is 16.0 Å². The van der Waals surface area contributed by atoms with Gasteiger partial charge in [0, 0.05) is 13.0 Å². The Bertz CT molecular complexity index is 1030. The summed E-state index contributed by atoms with van der Waals surface area (Å²) in [5.41, 5.74) is 1.31. The highest BCUT2D eigenvalue weighted by atomic mass is 31.1. The first-order chi connectivity index (χ1) is 15.0. The summed E-state index contributed by atoms with van der Waals surface area (Å²) in [5, 5.41) is 5.69. The highest BCUT2D eigenvalue weighted by Crippen LogP contribution is 2.42. The zero-order chi connectivity index (χ0) is 21.8. The molecule has 3 heteroatoms. The van der Waals surface area contributed by atoms with Gasteiger partial charge < -0.3 is 4.74 Å². The van der Waals surface area contributed by atoms with E-state index in [0.717, 1.165) is 0 Å². The first-order valence-corrected chi connectivity index (χ1v) is 15.8. The standard InChI is InChI=1S/C28H31OPSi/c1-29-28(25-19-13-21-27(25)31(2,3)4)24-18-11-12-20-26(24)30(22-14-7-5-8-15-22)23-16-9-6-10-17-23/h5-21,25,28H,1-4H3/t25?,28-/m0/s1. The van der Waals surface area contributed by atoms with Crippen molar-refractivity contribution in [1.82, 2.24) is 0 Å². The van der Waals surface area contributed by atoms with Gasteiger partial charge >= 0.3 is 0 Å². The molecule has 2 atom stereocenters. The van der Waals surface area contributed by atoms with E-state index in [-0.39, 0.29) is 6.10 Å². The average Bonchev–Trinajstić information content (AvgIpc) is 3.27. The lowest BCUT2D eigenvalue weighted by Gasteiger charge is -2.33. The molecule has 0 aliphatic heterocycles. The third kappa shape index (κ3) is 4.67. The Morgan fingerprint density at radius 2 is 1.32 bits per heavy atom. The van der Waals surface area contributed by atoms with Crippen LogP contribution in [0.5, 0.6) is 0 Å². The van der Waals surface area contributed by atoms with Crippen molar-refractivity contribution in [2.24, 2.45) is 5.92 Å². The molecular formula is C28H31OPSi. The van der Waals surface area contributed by atoms with Crippen molar-refractivity contribution in [3.8, 4) is 0 Å². The molecule has 31 heavy (non-hydrogen) atoms. The lowest BCUT2D eigenvalue weighted by Crippen LogP contribution is -2.33. The molecule has 3 aromatic rings. The van der Waals surface area contributed by atoms with Crippen molar-refractivity contribution in [1.29, 1.82) is 0 Å². The number of hydrogen-bond donors (Lipinski definition) is 0. The summed E-state index contributed by atoms with van der Waals surface area (Å²) in [5.74, 6) is 0.307. The highest BCUT2D eigenvalue weighted by Gasteiger charge is 2.35. The van der Waals surface area contributed by atoms with Crippen molar-refractivity contribution < 1.29 is 4.74 Å². The van der Waals surface area contributed by atoms with Crippen molar-refractivity contribution >= 4 is 31.9 Å². The molecule has 1 aliphatic rings. The molecule has 3 aromatic carbocycles. The molecule has 0 fully saturated rings. The van der Waals surface area contributed by atoms with E-state index >= 15 is 0 Å². The van der Waals surface area contributed by atoms with Crippen molar-refractivity contribution in [2.45, 2.75) is 25.7 Å². The summed E-state index contributed by atoms with van der Waals surface area (Å²) >= 11 is 0. The van der Waals surface area contributed by atoms with Gasteiger partial charge in [-0.25, -0.2) is 0 Å². The molecule has 0 spiro atoms. The van der Waals surface area contributed by atoms with Gasteiger partial charge in [0.25, 0.3) is 0 Å². The van der Waals surface area contributed by atoms with Crippen LogP contribution in [0.2, 0.25) is 19.6 Å². The minimum absolute atomic E-state index is 0.0188. The Balaban J connectivity index is 1.85. The van der Waals surface area contributed by atoms with Crippen LogP contribution in [0.25, 0.3) is 0 Å². The van der Waals surface area contributed by atoms with Crippen LogP contribution in [0.15, 0.2) is 108 Å². The van der Waals surface area contributed by atoms with E-state index in [4.69, 9.17) is 4.74 Å². The summed E-state index contributed by atoms with van der Waals surface area (Å²) in [4.78, 5) is 0. The van der Waals surface area contributed by atoms with Gasteiger partial charge in [-0.05, 0) is 29.4 Å². The fraction of sp³-hybridized carbons (Fsp3) is 0.214. The van der Waals surface area contributed by atoms with E-state index in [1.54, 1.807) is 5.20 Å². The quantitative estimate of drug-likeness (QED) is 0.316. The first kappa shape index (κ1) is 22.0. The summed E-state index contributed by atoms with van der Waals surface area (Å²) in [6, 6.07) is 30.8. The number of rotatable bonds is 7. The van der Waals surface area contributed by atoms with Crippen LogP contribution >= 0.6 is 7.92 Å². The summed E-state index contributed by atoms with van der Waals surface area (Å²) in [6.45, 7) is 7.29. The largest absolute Gasteiger partial charge is 0.376 e. The molecule has 0 heterocycles. The van der Waals surface area contributed by atoms with Crippen LogP contribution in [0.3, 0.4) is 0 Å². The first-order valence-electron chi connectivity index (χ1n) is 10.9. The van der Waals surface area contributed by atoms with Crippen LogP contribution in [0.1, 0.15) is 11.7 Å². The third-order valence-electron chi connectivity index (χ3n) is 5.91. The van der Waals surface area contributed by atoms with Crippen LogP contribution < -0.4 is 15.9 Å².